The van der Waals surface area contributed by atoms with E-state index < -0.39 is 36.4 Å². The number of carbonyl (C=O) groups is 3. The van der Waals surface area contributed by atoms with Gasteiger partial charge in [-0.2, -0.15) is 0 Å². The Bertz CT molecular complexity index is 881. The van der Waals surface area contributed by atoms with Crippen molar-refractivity contribution in [3.63, 3.8) is 0 Å². The molecule has 1 aliphatic rings. The number of carboxylic acid groups (broad SMARTS) is 3. The van der Waals surface area contributed by atoms with E-state index in [1.54, 1.807) is 11.3 Å². The predicted molar refractivity (Wildman–Crippen MR) is 111 cm³/mol. The van der Waals surface area contributed by atoms with Gasteiger partial charge >= 0.3 is 17.9 Å². The molecule has 3 rings (SSSR count). The number of ether oxygens (including phenoxy) is 1. The molecule has 1 fully saturated rings. The van der Waals surface area contributed by atoms with Crippen molar-refractivity contribution in [2.45, 2.75) is 44.4 Å². The fraction of sp³-hybridized carbons (Fsp3) is 0.500. The van der Waals surface area contributed by atoms with Crippen molar-refractivity contribution in [1.29, 1.82) is 0 Å². The van der Waals surface area contributed by atoms with Crippen molar-refractivity contribution >= 4 is 29.2 Å². The topological polar surface area (TPSA) is 179 Å². The van der Waals surface area contributed by atoms with E-state index >= 15 is 0 Å². The van der Waals surface area contributed by atoms with Crippen molar-refractivity contribution < 1.29 is 44.1 Å². The first-order chi connectivity index (χ1) is 15.1. The molecule has 0 saturated carbocycles. The molecule has 12 heteroatoms. The molecule has 2 aromatic rings. The molecule has 3 heterocycles. The van der Waals surface area contributed by atoms with Crippen LogP contribution < -0.4 is 5.32 Å². The zero-order valence-corrected chi connectivity index (χ0v) is 18.2. The third-order valence-corrected chi connectivity index (χ3v) is 5.62. The van der Waals surface area contributed by atoms with Crippen molar-refractivity contribution in [2.75, 3.05) is 13.2 Å². The Morgan fingerprint density at radius 1 is 1.22 bits per heavy atom. The maximum absolute atomic E-state index is 10.3. The Balaban J connectivity index is 0.000000247. The predicted octanol–water partition coefficient (Wildman–Crippen LogP) is 1.14. The van der Waals surface area contributed by atoms with Gasteiger partial charge in [0.1, 0.15) is 5.76 Å². The van der Waals surface area contributed by atoms with E-state index in [9.17, 15) is 14.4 Å². The average Bonchev–Trinajstić information content (AvgIpc) is 3.42. The number of thiophene rings is 1. The number of aromatic nitrogens is 1. The lowest BCUT2D eigenvalue weighted by atomic mass is 9.96. The van der Waals surface area contributed by atoms with Crippen LogP contribution in [-0.2, 0) is 32.1 Å². The van der Waals surface area contributed by atoms with Crippen LogP contribution in [0.25, 0.3) is 0 Å². The second-order valence-electron chi connectivity index (χ2n) is 7.48. The smallest absolute Gasteiger partial charge is 0.336 e. The fourth-order valence-electron chi connectivity index (χ4n) is 3.16. The first-order valence-corrected chi connectivity index (χ1v) is 10.6. The van der Waals surface area contributed by atoms with Crippen molar-refractivity contribution in [3.8, 4) is 0 Å². The van der Waals surface area contributed by atoms with Crippen LogP contribution in [-0.4, -0.2) is 68.3 Å². The molecule has 32 heavy (non-hydrogen) atoms. The number of hydrogen-bond donors (Lipinski definition) is 5. The van der Waals surface area contributed by atoms with Crippen LogP contribution in [0.4, 0.5) is 0 Å². The Kier molecular flexibility index (Phi) is 9.32. The minimum absolute atomic E-state index is 0.396. The molecule has 0 radical (unpaired) electrons. The lowest BCUT2D eigenvalue weighted by Crippen LogP contribution is -2.42. The molecule has 0 amide bonds. The third-order valence-electron chi connectivity index (χ3n) is 4.74. The molecular weight excluding hydrogens is 444 g/mol. The monoisotopic (exact) mass is 470 g/mol. The highest BCUT2D eigenvalue weighted by Gasteiger charge is 2.40. The van der Waals surface area contributed by atoms with E-state index in [2.05, 4.69) is 28.0 Å². The molecule has 2 aromatic heterocycles. The van der Waals surface area contributed by atoms with Crippen molar-refractivity contribution in [1.82, 2.24) is 10.5 Å². The van der Waals surface area contributed by atoms with Gasteiger partial charge in [0.25, 0.3) is 0 Å². The fourth-order valence-corrected chi connectivity index (χ4v) is 3.81. The zero-order chi connectivity index (χ0) is 23.7. The maximum atomic E-state index is 10.3. The summed E-state index contributed by atoms with van der Waals surface area (Å²) in [7, 11) is 0. The van der Waals surface area contributed by atoms with Gasteiger partial charge in [-0.1, -0.05) is 11.2 Å². The minimum Gasteiger partial charge on any atom is -0.481 e. The first-order valence-electron chi connectivity index (χ1n) is 9.74. The van der Waals surface area contributed by atoms with Gasteiger partial charge in [-0.25, -0.2) is 4.79 Å². The van der Waals surface area contributed by atoms with Gasteiger partial charge in [-0.05, 0) is 18.4 Å². The third kappa shape index (κ3) is 8.04. The van der Waals surface area contributed by atoms with Crippen LogP contribution in [0.15, 0.2) is 28.1 Å². The largest absolute Gasteiger partial charge is 0.481 e. The van der Waals surface area contributed by atoms with Gasteiger partial charge in [0.2, 0.25) is 0 Å². The van der Waals surface area contributed by atoms with E-state index in [0.717, 1.165) is 37.6 Å². The molecule has 5 N–H and O–H groups in total. The zero-order valence-electron chi connectivity index (χ0n) is 17.4. The van der Waals surface area contributed by atoms with Crippen LogP contribution in [0, 0.1) is 12.8 Å². The number of aliphatic hydroxyl groups is 1. The van der Waals surface area contributed by atoms with Crippen LogP contribution >= 0.6 is 11.3 Å². The molecule has 2 atom stereocenters. The SMILES string of the molecule is Cc1cc(C[C@@H]2COC[C@H]2NCc2cccs2)on1.O=C(O)CC(O)(CC(=O)O)C(=O)O. The number of aryl methyl sites for hydroxylation is 1. The van der Waals surface area contributed by atoms with Gasteiger partial charge in [0.15, 0.2) is 5.60 Å². The molecule has 1 saturated heterocycles. The number of carboxylic acids is 3. The highest BCUT2D eigenvalue weighted by Crippen LogP contribution is 2.21. The molecule has 11 nitrogen and oxygen atoms in total. The molecule has 1 aliphatic heterocycles. The van der Waals surface area contributed by atoms with E-state index in [1.165, 1.54) is 4.88 Å². The first kappa shape index (κ1) is 25.5. The Hall–Kier alpha value is -2.80. The van der Waals surface area contributed by atoms with Crippen molar-refractivity contribution in [3.05, 3.63) is 39.9 Å². The summed E-state index contributed by atoms with van der Waals surface area (Å²) < 4.78 is 10.9. The Morgan fingerprint density at radius 3 is 2.41 bits per heavy atom. The van der Waals surface area contributed by atoms with E-state index in [0.29, 0.717) is 12.0 Å². The van der Waals surface area contributed by atoms with E-state index in [1.807, 2.05) is 13.0 Å². The lowest BCUT2D eigenvalue weighted by molar-refractivity contribution is -0.170. The molecule has 0 spiro atoms. The summed E-state index contributed by atoms with van der Waals surface area (Å²) in [5.74, 6) is -3.60. The number of nitrogens with one attached hydrogen (secondary N) is 1. The maximum Gasteiger partial charge on any atom is 0.336 e. The molecule has 0 aromatic carbocycles. The molecule has 176 valence electrons. The van der Waals surface area contributed by atoms with E-state index in [-0.39, 0.29) is 0 Å². The van der Waals surface area contributed by atoms with Crippen LogP contribution in [0.5, 0.6) is 0 Å². The summed E-state index contributed by atoms with van der Waals surface area (Å²) in [5, 5.41) is 43.4. The summed E-state index contributed by atoms with van der Waals surface area (Å²) in [5.41, 5.74) is -1.80. The quantitative estimate of drug-likeness (QED) is 0.336. The van der Waals surface area contributed by atoms with Crippen LogP contribution in [0.2, 0.25) is 0 Å². The summed E-state index contributed by atoms with van der Waals surface area (Å²) in [6.07, 6.45) is -1.40. The van der Waals surface area contributed by atoms with E-state index in [4.69, 9.17) is 29.7 Å². The molecular formula is C20H26N2O9S. The second kappa shape index (κ2) is 11.7. The molecule has 0 bridgehead atoms. The van der Waals surface area contributed by atoms with Crippen LogP contribution in [0.1, 0.15) is 29.2 Å². The number of rotatable bonds is 10. The number of hydrogen-bond acceptors (Lipinski definition) is 9. The number of nitrogens with zero attached hydrogens (tertiary/aromatic N) is 1. The van der Waals surface area contributed by atoms with Crippen LogP contribution in [0.3, 0.4) is 0 Å². The highest BCUT2D eigenvalue weighted by atomic mass is 32.1. The lowest BCUT2D eigenvalue weighted by Gasteiger charge is -2.18. The molecule has 0 unspecified atom stereocenters. The minimum atomic E-state index is -2.74. The Labute approximate surface area is 187 Å². The highest BCUT2D eigenvalue weighted by molar-refractivity contribution is 7.09. The summed E-state index contributed by atoms with van der Waals surface area (Å²) in [6.45, 7) is 4.44. The summed E-state index contributed by atoms with van der Waals surface area (Å²) in [4.78, 5) is 31.8. The van der Waals surface area contributed by atoms with Gasteiger partial charge in [-0.15, -0.1) is 11.3 Å². The normalized spacial score (nSPS) is 18.1. The van der Waals surface area contributed by atoms with Gasteiger partial charge < -0.3 is 35.0 Å². The second-order valence-corrected chi connectivity index (χ2v) is 8.51. The Morgan fingerprint density at radius 2 is 1.91 bits per heavy atom. The van der Waals surface area contributed by atoms with Gasteiger partial charge in [0.05, 0.1) is 31.7 Å². The van der Waals surface area contributed by atoms with Crippen molar-refractivity contribution in [2.24, 2.45) is 5.92 Å². The summed E-state index contributed by atoms with van der Waals surface area (Å²) >= 11 is 1.78. The van der Waals surface area contributed by atoms with Gasteiger partial charge in [0, 0.05) is 35.9 Å². The van der Waals surface area contributed by atoms with Gasteiger partial charge in [-0.3, -0.25) is 9.59 Å². The standard InChI is InChI=1S/C14H18N2O2S.C6H8O7/c1-10-5-12(18-16-10)6-11-8-17-9-14(11)15-7-13-3-2-4-19-13;7-3(8)1-6(13,5(11)12)2-4(9)10/h2-5,11,14-15H,6-9H2,1H3;13H,1-2H2,(H,7,8)(H,9,10)(H,11,12)/t11-,14-;/m1./s1. The molecule has 0 aliphatic carbocycles. The summed E-state index contributed by atoms with van der Waals surface area (Å²) in [6, 6.07) is 6.64. The number of aliphatic carboxylic acids is 3. The average molecular weight is 471 g/mol.